The van der Waals surface area contributed by atoms with Gasteiger partial charge in [-0.15, -0.1) is 4.51 Å². The van der Waals surface area contributed by atoms with Crippen LogP contribution in [0.5, 0.6) is 5.75 Å². The molecule has 2 rings (SSSR count). The van der Waals surface area contributed by atoms with Gasteiger partial charge in [-0.05, 0) is 19.1 Å². The molecule has 0 bridgehead atoms. The molecule has 0 aliphatic carbocycles. The van der Waals surface area contributed by atoms with Gasteiger partial charge in [-0.2, -0.15) is 0 Å². The van der Waals surface area contributed by atoms with Gasteiger partial charge < -0.3 is 14.3 Å². The van der Waals surface area contributed by atoms with E-state index in [1.165, 1.54) is 12.1 Å². The summed E-state index contributed by atoms with van der Waals surface area (Å²) in [5, 5.41) is 10.2. The number of benzene rings is 1. The molecule has 0 amide bonds. The van der Waals surface area contributed by atoms with Crippen LogP contribution in [0.2, 0.25) is 0 Å². The molecule has 18 heavy (non-hydrogen) atoms. The maximum atomic E-state index is 11.7. The van der Waals surface area contributed by atoms with E-state index in [1.807, 2.05) is 0 Å². The number of hydrogen-bond donors (Lipinski definition) is 1. The fraction of sp³-hybridized carbons (Fsp3) is 0.167. The zero-order valence-corrected chi connectivity index (χ0v) is 10.3. The summed E-state index contributed by atoms with van der Waals surface area (Å²) in [7, 11) is 0. The molecule has 1 aromatic heterocycles. The Morgan fingerprint density at radius 2 is 2.33 bits per heavy atom. The zero-order valence-electron chi connectivity index (χ0n) is 9.51. The highest BCUT2D eigenvalue weighted by atomic mass is 35.5. The Hall–Kier alpha value is -2.01. The van der Waals surface area contributed by atoms with Gasteiger partial charge in [0.2, 0.25) is 5.55 Å². The first-order valence-corrected chi connectivity index (χ1v) is 5.59. The maximum Gasteiger partial charge on any atom is 0.343 e. The Labute approximate surface area is 107 Å². The predicted molar refractivity (Wildman–Crippen MR) is 65.3 cm³/mol. The number of phenols is 1. The average Bonchev–Trinajstić information content (AvgIpc) is 2.38. The minimum absolute atomic E-state index is 0.0514. The molecule has 0 spiro atoms. The lowest BCUT2D eigenvalue weighted by atomic mass is 10.2. The van der Waals surface area contributed by atoms with Gasteiger partial charge in [0.1, 0.15) is 5.56 Å². The molecule has 1 aromatic carbocycles. The molecule has 1 N–H and O–H groups in total. The van der Waals surface area contributed by atoms with Crippen molar-refractivity contribution in [3.8, 4) is 5.75 Å². The highest BCUT2D eigenvalue weighted by molar-refractivity contribution is 6.14. The van der Waals surface area contributed by atoms with Crippen molar-refractivity contribution in [3.05, 3.63) is 35.4 Å². The molecule has 0 saturated heterocycles. The van der Waals surface area contributed by atoms with Crippen molar-refractivity contribution in [2.75, 3.05) is 6.61 Å². The van der Waals surface area contributed by atoms with E-state index >= 15 is 0 Å². The van der Waals surface area contributed by atoms with Gasteiger partial charge in [-0.3, -0.25) is 0 Å². The average molecular weight is 268 g/mol. The van der Waals surface area contributed by atoms with E-state index in [2.05, 4.69) is 4.51 Å². The number of para-hydroxylation sites is 1. The number of fused-ring (bicyclic) bond motifs is 1. The van der Waals surface area contributed by atoms with Gasteiger partial charge in [0, 0.05) is 17.2 Å². The molecule has 0 aliphatic rings. The molecule has 94 valence electrons. The van der Waals surface area contributed by atoms with E-state index in [-0.39, 0.29) is 29.1 Å². The van der Waals surface area contributed by atoms with Crippen LogP contribution in [0, 0.1) is 0 Å². The summed E-state index contributed by atoms with van der Waals surface area (Å²) in [5.41, 5.74) is 0.235. The molecular weight excluding hydrogens is 258 g/mol. The molecule has 0 fully saturated rings. The van der Waals surface area contributed by atoms with Crippen LogP contribution in [0.25, 0.3) is 11.0 Å². The number of aromatic hydroxyl groups is 1. The maximum absolute atomic E-state index is 11.7. The Morgan fingerprint density at radius 1 is 1.56 bits per heavy atom. The van der Waals surface area contributed by atoms with Crippen LogP contribution in [-0.4, -0.2) is 17.7 Å². The van der Waals surface area contributed by atoms with Gasteiger partial charge >= 0.3 is 5.97 Å². The first-order valence-electron chi connectivity index (χ1n) is 5.25. The normalized spacial score (nSPS) is 11.8. The molecule has 6 heteroatoms. The van der Waals surface area contributed by atoms with E-state index in [4.69, 9.17) is 20.9 Å². The minimum Gasteiger partial charge on any atom is -0.504 e. The van der Waals surface area contributed by atoms with Gasteiger partial charge in [0.15, 0.2) is 11.3 Å². The number of ether oxygens (including phenoxy) is 1. The summed E-state index contributed by atoms with van der Waals surface area (Å²) in [6, 6.07) is 6.31. The Morgan fingerprint density at radius 3 is 3.00 bits per heavy atom. The largest absolute Gasteiger partial charge is 0.504 e. The lowest BCUT2D eigenvalue weighted by Crippen LogP contribution is -2.17. The fourth-order valence-electron chi connectivity index (χ4n) is 1.55. The minimum atomic E-state index is -0.578. The molecule has 1 heterocycles. The zero-order chi connectivity index (χ0) is 13.1. The third-order valence-corrected chi connectivity index (χ3v) is 2.48. The fourth-order valence-corrected chi connectivity index (χ4v) is 1.68. The molecule has 0 aliphatic heterocycles. The van der Waals surface area contributed by atoms with Crippen molar-refractivity contribution in [1.29, 1.82) is 0 Å². The quantitative estimate of drug-likeness (QED) is 0.848. The van der Waals surface area contributed by atoms with Crippen molar-refractivity contribution in [3.63, 3.8) is 0 Å². The highest BCUT2D eigenvalue weighted by Crippen LogP contribution is 2.23. The van der Waals surface area contributed by atoms with Crippen LogP contribution in [-0.2, 0) is 4.74 Å². The summed E-state index contributed by atoms with van der Waals surface area (Å²) in [4.78, 5) is 11.7. The van der Waals surface area contributed by atoms with E-state index in [9.17, 15) is 9.90 Å². The number of carbonyl (C=O) groups excluding carboxylic acids is 1. The van der Waals surface area contributed by atoms with Crippen molar-refractivity contribution in [2.45, 2.75) is 6.92 Å². The number of esters is 1. The lowest BCUT2D eigenvalue weighted by molar-refractivity contribution is 0.0521. The van der Waals surface area contributed by atoms with Crippen molar-refractivity contribution in [2.24, 2.45) is 4.51 Å². The van der Waals surface area contributed by atoms with E-state index in [0.29, 0.717) is 5.39 Å². The smallest absolute Gasteiger partial charge is 0.343 e. The molecule has 0 unspecified atom stereocenters. The monoisotopic (exact) mass is 267 g/mol. The number of nitrogens with zero attached hydrogens (tertiary/aromatic N) is 1. The second-order valence-corrected chi connectivity index (χ2v) is 3.63. The number of carbonyl (C=O) groups is 1. The summed E-state index contributed by atoms with van der Waals surface area (Å²) in [6.45, 7) is 1.93. The van der Waals surface area contributed by atoms with Crippen LogP contribution in [0.1, 0.15) is 17.3 Å². The standard InChI is InChI=1S/C12H10ClNO4/c1-2-17-12(16)8-6-7-4-3-5-9(15)10(7)18-11(8)14-13/h3-6,15H,2H2,1H3/b14-11+. The molecule has 2 aromatic rings. The number of halogens is 1. The van der Waals surface area contributed by atoms with Crippen molar-refractivity contribution >= 4 is 28.7 Å². The first-order chi connectivity index (χ1) is 8.67. The van der Waals surface area contributed by atoms with Gasteiger partial charge in [-0.1, -0.05) is 12.1 Å². The number of phenolic OH excluding ortho intramolecular Hbond substituents is 1. The second kappa shape index (κ2) is 5.10. The van der Waals surface area contributed by atoms with E-state index in [0.717, 1.165) is 0 Å². The van der Waals surface area contributed by atoms with E-state index in [1.54, 1.807) is 19.1 Å². The van der Waals surface area contributed by atoms with Crippen LogP contribution in [0.3, 0.4) is 0 Å². The summed E-state index contributed by atoms with van der Waals surface area (Å²) in [5.74, 6) is -0.629. The summed E-state index contributed by atoms with van der Waals surface area (Å²) < 4.78 is 13.5. The van der Waals surface area contributed by atoms with Crippen molar-refractivity contribution in [1.82, 2.24) is 0 Å². The van der Waals surface area contributed by atoms with Crippen molar-refractivity contribution < 1.29 is 19.1 Å². The summed E-state index contributed by atoms with van der Waals surface area (Å²) >= 11 is 5.37. The third kappa shape index (κ3) is 2.17. The van der Waals surface area contributed by atoms with Gasteiger partial charge in [0.25, 0.3) is 0 Å². The SMILES string of the molecule is CCOC(=O)c1cc2cccc(O)c2o/c1=N/Cl. The van der Waals surface area contributed by atoms with Crippen LogP contribution < -0.4 is 5.55 Å². The Balaban J connectivity index is 2.72. The number of rotatable bonds is 2. The molecule has 0 saturated carbocycles. The summed E-state index contributed by atoms with van der Waals surface area (Å²) in [6.07, 6.45) is 0. The van der Waals surface area contributed by atoms with Crippen LogP contribution in [0.4, 0.5) is 0 Å². The Bertz CT molecular complexity index is 663. The molecule has 0 atom stereocenters. The first kappa shape index (κ1) is 12.4. The lowest BCUT2D eigenvalue weighted by Gasteiger charge is -2.04. The molecular formula is C12H10ClNO4. The van der Waals surface area contributed by atoms with Crippen LogP contribution >= 0.6 is 11.8 Å². The predicted octanol–water partition coefficient (Wildman–Crippen LogP) is 2.37. The molecule has 0 radical (unpaired) electrons. The molecule has 5 nitrogen and oxygen atoms in total. The Kier molecular flexibility index (Phi) is 3.53. The number of hydrogen-bond acceptors (Lipinski definition) is 5. The van der Waals surface area contributed by atoms with E-state index < -0.39 is 5.97 Å². The topological polar surface area (TPSA) is 72.0 Å². The van der Waals surface area contributed by atoms with Gasteiger partial charge in [0.05, 0.1) is 6.61 Å². The third-order valence-electron chi connectivity index (χ3n) is 2.33. The van der Waals surface area contributed by atoms with Crippen LogP contribution in [0.15, 0.2) is 33.2 Å². The highest BCUT2D eigenvalue weighted by Gasteiger charge is 2.14. The second-order valence-electron chi connectivity index (χ2n) is 3.47. The van der Waals surface area contributed by atoms with Gasteiger partial charge in [-0.25, -0.2) is 4.79 Å².